The van der Waals surface area contributed by atoms with Crippen molar-refractivity contribution in [2.24, 2.45) is 17.1 Å². The molecule has 0 saturated heterocycles. The number of carbonyl (C=O) groups is 1. The van der Waals surface area contributed by atoms with Crippen molar-refractivity contribution < 1.29 is 9.53 Å². The molecule has 0 spiro atoms. The summed E-state index contributed by atoms with van der Waals surface area (Å²) in [6.45, 7) is 2.69. The van der Waals surface area contributed by atoms with E-state index in [0.717, 1.165) is 25.7 Å². The van der Waals surface area contributed by atoms with Crippen LogP contribution in [0.1, 0.15) is 77.6 Å². The van der Waals surface area contributed by atoms with Crippen LogP contribution in [0.2, 0.25) is 0 Å². The molecule has 20 heavy (non-hydrogen) atoms. The number of nitrogens with two attached hydrogens (primary N) is 1. The first-order valence-electron chi connectivity index (χ1n) is 8.49. The van der Waals surface area contributed by atoms with Gasteiger partial charge in [-0.25, -0.2) is 0 Å². The quantitative estimate of drug-likeness (QED) is 0.434. The molecule has 1 aliphatic carbocycles. The second-order valence-electron chi connectivity index (χ2n) is 6.35. The Balaban J connectivity index is 2.21. The van der Waals surface area contributed by atoms with Crippen molar-refractivity contribution in [2.75, 3.05) is 13.7 Å². The van der Waals surface area contributed by atoms with Crippen molar-refractivity contribution in [3.8, 4) is 0 Å². The molecule has 2 N–H and O–H groups in total. The van der Waals surface area contributed by atoms with E-state index in [0.29, 0.717) is 12.5 Å². The summed E-state index contributed by atoms with van der Waals surface area (Å²) in [7, 11) is 1.49. The van der Waals surface area contributed by atoms with Gasteiger partial charge in [-0.3, -0.25) is 4.79 Å². The molecule has 0 aromatic carbocycles. The molecule has 1 fully saturated rings. The zero-order valence-electron chi connectivity index (χ0n) is 13.5. The average molecular weight is 283 g/mol. The minimum Gasteiger partial charge on any atom is -0.469 e. The maximum absolute atomic E-state index is 12.1. The van der Waals surface area contributed by atoms with Gasteiger partial charge in [0.15, 0.2) is 0 Å². The van der Waals surface area contributed by atoms with Crippen LogP contribution >= 0.6 is 0 Å². The molecular formula is C17H33NO2. The minimum absolute atomic E-state index is 0.0783. The Bertz CT molecular complexity index is 276. The van der Waals surface area contributed by atoms with Crippen molar-refractivity contribution in [2.45, 2.75) is 77.6 Å². The summed E-state index contributed by atoms with van der Waals surface area (Å²) >= 11 is 0. The van der Waals surface area contributed by atoms with E-state index in [1.807, 2.05) is 0 Å². The fraction of sp³-hybridized carbons (Fsp3) is 0.941. The first-order valence-corrected chi connectivity index (χ1v) is 8.49. The van der Waals surface area contributed by atoms with Gasteiger partial charge in [0.05, 0.1) is 12.5 Å². The Morgan fingerprint density at radius 3 is 2.10 bits per heavy atom. The number of unbranched alkanes of at least 4 members (excludes halogenated alkanes) is 7. The van der Waals surface area contributed by atoms with Crippen molar-refractivity contribution in [3.05, 3.63) is 0 Å². The highest BCUT2D eigenvalue weighted by molar-refractivity contribution is 5.78. The Hall–Kier alpha value is -0.570. The first kappa shape index (κ1) is 17.5. The lowest BCUT2D eigenvalue weighted by atomic mass is 9.77. The van der Waals surface area contributed by atoms with Crippen LogP contribution in [0.25, 0.3) is 0 Å². The predicted molar refractivity (Wildman–Crippen MR) is 83.5 cm³/mol. The van der Waals surface area contributed by atoms with Crippen LogP contribution in [0, 0.1) is 11.3 Å². The Labute approximate surface area is 124 Å². The van der Waals surface area contributed by atoms with E-state index in [1.54, 1.807) is 0 Å². The van der Waals surface area contributed by atoms with Gasteiger partial charge in [-0.2, -0.15) is 0 Å². The molecule has 3 nitrogen and oxygen atoms in total. The molecule has 0 bridgehead atoms. The number of carbonyl (C=O) groups excluding carboxylic acids is 1. The van der Waals surface area contributed by atoms with Gasteiger partial charge in [0.1, 0.15) is 0 Å². The van der Waals surface area contributed by atoms with Crippen molar-refractivity contribution in [1.29, 1.82) is 0 Å². The summed E-state index contributed by atoms with van der Waals surface area (Å²) in [5.41, 5.74) is 5.54. The third kappa shape index (κ3) is 5.08. The summed E-state index contributed by atoms with van der Waals surface area (Å²) < 4.78 is 5.01. The molecule has 1 rings (SSSR count). The highest BCUT2D eigenvalue weighted by Gasteiger charge is 2.50. The van der Waals surface area contributed by atoms with Crippen LogP contribution in [0.4, 0.5) is 0 Å². The number of ether oxygens (including phenoxy) is 1. The molecule has 118 valence electrons. The summed E-state index contributed by atoms with van der Waals surface area (Å²) in [6.07, 6.45) is 13.5. The van der Waals surface area contributed by atoms with E-state index in [9.17, 15) is 4.79 Å². The van der Waals surface area contributed by atoms with E-state index < -0.39 is 0 Å². The lowest BCUT2D eigenvalue weighted by Gasteiger charge is -2.29. The second-order valence-corrected chi connectivity index (χ2v) is 6.35. The Kier molecular flexibility index (Phi) is 8.20. The molecular weight excluding hydrogens is 250 g/mol. The number of hydrogen-bond donors (Lipinski definition) is 1. The van der Waals surface area contributed by atoms with E-state index in [-0.39, 0.29) is 11.4 Å². The molecule has 1 unspecified atom stereocenters. The van der Waals surface area contributed by atoms with Gasteiger partial charge in [0, 0.05) is 6.54 Å². The normalized spacial score (nSPS) is 17.8. The van der Waals surface area contributed by atoms with Crippen molar-refractivity contribution in [1.82, 2.24) is 0 Å². The zero-order chi connectivity index (χ0) is 14.8. The molecule has 0 heterocycles. The minimum atomic E-state index is -0.378. The molecule has 1 saturated carbocycles. The Morgan fingerprint density at radius 2 is 1.65 bits per heavy atom. The van der Waals surface area contributed by atoms with Crippen LogP contribution in [0.5, 0.6) is 0 Å². The zero-order valence-corrected chi connectivity index (χ0v) is 13.5. The molecule has 0 aromatic heterocycles. The Morgan fingerprint density at radius 1 is 1.10 bits per heavy atom. The van der Waals surface area contributed by atoms with Crippen LogP contribution in [0.15, 0.2) is 0 Å². The number of methoxy groups -OCH3 is 1. The molecule has 1 aliphatic rings. The van der Waals surface area contributed by atoms with Crippen LogP contribution in [0.3, 0.4) is 0 Å². The second kappa shape index (κ2) is 9.38. The van der Waals surface area contributed by atoms with E-state index in [4.69, 9.17) is 10.5 Å². The van der Waals surface area contributed by atoms with Gasteiger partial charge < -0.3 is 10.5 Å². The molecule has 0 aromatic rings. The lowest BCUT2D eigenvalue weighted by Crippen LogP contribution is -2.41. The van der Waals surface area contributed by atoms with Crippen LogP contribution in [-0.2, 0) is 9.53 Å². The maximum atomic E-state index is 12.1. The lowest BCUT2D eigenvalue weighted by molar-refractivity contribution is -0.154. The summed E-state index contributed by atoms with van der Waals surface area (Å²) in [5.74, 6) is 0.398. The molecule has 3 heteroatoms. The predicted octanol–water partition coefficient (Wildman–Crippen LogP) is 4.05. The van der Waals surface area contributed by atoms with Gasteiger partial charge >= 0.3 is 5.97 Å². The van der Waals surface area contributed by atoms with E-state index >= 15 is 0 Å². The van der Waals surface area contributed by atoms with Crippen molar-refractivity contribution in [3.63, 3.8) is 0 Å². The standard InChI is InChI=1S/C17H33NO2/c1-3-4-5-6-7-8-9-10-13-17(14-18,15-11-12-15)16(19)20-2/h15H,3-14,18H2,1-2H3. The molecule has 0 amide bonds. The van der Waals surface area contributed by atoms with Crippen molar-refractivity contribution >= 4 is 5.97 Å². The van der Waals surface area contributed by atoms with E-state index in [1.165, 1.54) is 52.1 Å². The van der Waals surface area contributed by atoms with Crippen LogP contribution in [-0.4, -0.2) is 19.6 Å². The van der Waals surface area contributed by atoms with Gasteiger partial charge in [-0.05, 0) is 25.2 Å². The van der Waals surface area contributed by atoms with Gasteiger partial charge in [-0.15, -0.1) is 0 Å². The topological polar surface area (TPSA) is 52.3 Å². The summed E-state index contributed by atoms with van der Waals surface area (Å²) in [4.78, 5) is 12.1. The number of esters is 1. The van der Waals surface area contributed by atoms with Crippen LogP contribution < -0.4 is 5.73 Å². The third-order valence-corrected chi connectivity index (χ3v) is 4.79. The smallest absolute Gasteiger partial charge is 0.313 e. The highest BCUT2D eigenvalue weighted by atomic mass is 16.5. The van der Waals surface area contributed by atoms with Gasteiger partial charge in [-0.1, -0.05) is 58.3 Å². The third-order valence-electron chi connectivity index (χ3n) is 4.79. The number of hydrogen-bond acceptors (Lipinski definition) is 3. The summed E-state index contributed by atoms with van der Waals surface area (Å²) in [5, 5.41) is 0. The fourth-order valence-electron chi connectivity index (χ4n) is 3.24. The molecule has 0 radical (unpaired) electrons. The SMILES string of the molecule is CCCCCCCCCCC(CN)(C(=O)OC)C1CC1. The fourth-order valence-corrected chi connectivity index (χ4v) is 3.24. The first-order chi connectivity index (χ1) is 9.71. The highest BCUT2D eigenvalue weighted by Crippen LogP contribution is 2.48. The average Bonchev–Trinajstić information content (AvgIpc) is 3.30. The largest absolute Gasteiger partial charge is 0.469 e. The van der Waals surface area contributed by atoms with Gasteiger partial charge in [0.2, 0.25) is 0 Å². The molecule has 0 aliphatic heterocycles. The maximum Gasteiger partial charge on any atom is 0.313 e. The van der Waals surface area contributed by atoms with Gasteiger partial charge in [0.25, 0.3) is 0 Å². The van der Waals surface area contributed by atoms with E-state index in [2.05, 4.69) is 6.92 Å². The monoisotopic (exact) mass is 283 g/mol. The summed E-state index contributed by atoms with van der Waals surface area (Å²) in [6, 6.07) is 0. The number of rotatable bonds is 12. The molecule has 1 atom stereocenters.